The molecule has 2 heterocycles. The van der Waals surface area contributed by atoms with E-state index in [2.05, 4.69) is 55.9 Å². The Morgan fingerprint density at radius 2 is 1.05 bits per heavy atom. The minimum atomic E-state index is -2.40. The molecule has 0 aliphatic carbocycles. The van der Waals surface area contributed by atoms with Crippen LogP contribution in [0.1, 0.15) is 40.5 Å². The van der Waals surface area contributed by atoms with Crippen molar-refractivity contribution in [3.63, 3.8) is 0 Å². The first-order valence-electron chi connectivity index (χ1n) is 7.57. The molecule has 0 aromatic rings. The molecule has 2 aliphatic rings. The number of nitrogens with zero attached hydrogens (tertiary/aromatic N) is 2. The van der Waals surface area contributed by atoms with Crippen molar-refractivity contribution in [3.8, 4) is 0 Å². The molecule has 0 N–H and O–H groups in total. The van der Waals surface area contributed by atoms with E-state index in [9.17, 15) is 0 Å². The largest absolute Gasteiger partial charge is 0.875 e. The zero-order valence-corrected chi connectivity index (χ0v) is 14.9. The maximum Gasteiger partial charge on any atom is 0.875 e. The van der Waals surface area contributed by atoms with Crippen molar-refractivity contribution in [2.45, 2.75) is 64.8 Å². The molecule has 4 unspecified atom stereocenters. The van der Waals surface area contributed by atoms with Crippen molar-refractivity contribution < 1.29 is 17.1 Å². The average molecular weight is 289 g/mol. The minimum Gasteiger partial charge on any atom is -0.295 e. The van der Waals surface area contributed by atoms with E-state index in [0.717, 1.165) is 21.1 Å². The second-order valence-electron chi connectivity index (χ2n) is 7.65. The van der Waals surface area contributed by atoms with Gasteiger partial charge in [-0.05, 0) is 27.7 Å². The van der Waals surface area contributed by atoms with E-state index >= 15 is 0 Å². The second-order valence-corrected chi connectivity index (χ2v) is 11.5. The minimum absolute atomic E-state index is 0.308. The van der Waals surface area contributed by atoms with E-state index in [1.54, 1.807) is 0 Å². The van der Waals surface area contributed by atoms with Gasteiger partial charge < -0.3 is 0 Å². The van der Waals surface area contributed by atoms with Gasteiger partial charge >= 0.3 is 8.88 Å². The van der Waals surface area contributed by atoms with Gasteiger partial charge in [0.2, 0.25) is 0 Å². The predicted molar refractivity (Wildman–Crippen MR) is 79.2 cm³/mol. The number of rotatable bonds is 0. The lowest BCUT2D eigenvalue weighted by Gasteiger charge is -2.58. The SMILES string of the molecule is CC1CC(C)[N+](C)(C)[Si]2(O1)OC(C)CC(C)[N+]2(C)C. The van der Waals surface area contributed by atoms with E-state index in [4.69, 9.17) is 8.85 Å². The maximum atomic E-state index is 6.62. The van der Waals surface area contributed by atoms with E-state index in [1.807, 2.05) is 0 Å². The average Bonchev–Trinajstić information content (AvgIpc) is 2.23. The molecule has 19 heavy (non-hydrogen) atoms. The third-order valence-electron chi connectivity index (χ3n) is 5.72. The van der Waals surface area contributed by atoms with Gasteiger partial charge in [-0.3, -0.25) is 17.1 Å². The summed E-state index contributed by atoms with van der Waals surface area (Å²) >= 11 is 0. The smallest absolute Gasteiger partial charge is 0.295 e. The number of hydrogen-bond acceptors (Lipinski definition) is 2. The third-order valence-corrected chi connectivity index (χ3v) is 10.9. The van der Waals surface area contributed by atoms with E-state index in [1.165, 1.54) is 0 Å². The molecule has 112 valence electrons. The molecule has 5 heteroatoms. The van der Waals surface area contributed by atoms with Crippen LogP contribution in [0.4, 0.5) is 0 Å². The van der Waals surface area contributed by atoms with Gasteiger partial charge in [-0.1, -0.05) is 0 Å². The van der Waals surface area contributed by atoms with Crippen LogP contribution in [0.3, 0.4) is 0 Å². The first-order chi connectivity index (χ1) is 8.54. The van der Waals surface area contributed by atoms with Gasteiger partial charge in [-0.25, -0.2) is 0 Å². The van der Waals surface area contributed by atoms with Crippen LogP contribution in [0.25, 0.3) is 0 Å². The summed E-state index contributed by atoms with van der Waals surface area (Å²) in [7, 11) is 6.85. The fourth-order valence-corrected chi connectivity index (χ4v) is 8.94. The van der Waals surface area contributed by atoms with Crippen molar-refractivity contribution in [1.82, 2.24) is 0 Å². The topological polar surface area (TPSA) is 18.5 Å². The number of quaternary nitrogens is 2. The van der Waals surface area contributed by atoms with Crippen LogP contribution in [0.15, 0.2) is 0 Å². The predicted octanol–water partition coefficient (Wildman–Crippen LogP) is 1.97. The van der Waals surface area contributed by atoms with Gasteiger partial charge in [-0.2, -0.15) is 0 Å². The molecule has 1 spiro atoms. The van der Waals surface area contributed by atoms with Crippen molar-refractivity contribution in [2.24, 2.45) is 0 Å². The molecule has 2 fully saturated rings. The van der Waals surface area contributed by atoms with Gasteiger partial charge in [0, 0.05) is 12.8 Å². The van der Waals surface area contributed by atoms with Crippen molar-refractivity contribution in [1.29, 1.82) is 0 Å². The van der Waals surface area contributed by atoms with Gasteiger partial charge in [-0.15, -0.1) is 0 Å². The fourth-order valence-electron chi connectivity index (χ4n) is 3.90. The molecule has 4 atom stereocenters. The standard InChI is InChI=1S/C14H32N2O2Si/c1-11-9-13(3)17-19(15(11,5)6)16(7,8)12(2)10-14(4)18-19/h11-14H,9-10H2,1-8H3/q+2. The van der Waals surface area contributed by atoms with Crippen LogP contribution in [-0.4, -0.2) is 69.7 Å². The fraction of sp³-hybridized carbons (Fsp3) is 1.00. The molecule has 4 nitrogen and oxygen atoms in total. The lowest BCUT2D eigenvalue weighted by molar-refractivity contribution is -0.970. The summed E-state index contributed by atoms with van der Waals surface area (Å²) in [5.74, 6) is 0. The molecule has 0 radical (unpaired) electrons. The molecule has 2 rings (SSSR count). The van der Waals surface area contributed by atoms with E-state index < -0.39 is 8.88 Å². The van der Waals surface area contributed by atoms with Crippen LogP contribution in [-0.2, 0) is 8.85 Å². The van der Waals surface area contributed by atoms with Gasteiger partial charge in [0.25, 0.3) is 0 Å². The van der Waals surface area contributed by atoms with E-state index in [-0.39, 0.29) is 0 Å². The second kappa shape index (κ2) is 4.53. The number of hydrogen-bond donors (Lipinski definition) is 0. The highest BCUT2D eigenvalue weighted by Gasteiger charge is 2.81. The summed E-state index contributed by atoms with van der Waals surface area (Å²) in [5.41, 5.74) is 0. The van der Waals surface area contributed by atoms with Crippen LogP contribution < -0.4 is 0 Å². The van der Waals surface area contributed by atoms with Crippen LogP contribution in [0.5, 0.6) is 0 Å². The zero-order valence-electron chi connectivity index (χ0n) is 13.9. The Balaban J connectivity index is 2.52. The molecular weight excluding hydrogens is 256 g/mol. The Hall–Kier alpha value is 0.0569. The molecule has 0 saturated carbocycles. The lowest BCUT2D eigenvalue weighted by Crippen LogP contribution is -2.89. The summed E-state index contributed by atoms with van der Waals surface area (Å²) in [6.45, 7) is 9.11. The Bertz CT molecular complexity index is 325. The van der Waals surface area contributed by atoms with Crippen LogP contribution in [0.2, 0.25) is 0 Å². The maximum absolute atomic E-state index is 6.62. The Morgan fingerprint density at radius 3 is 1.37 bits per heavy atom. The van der Waals surface area contributed by atoms with E-state index in [0.29, 0.717) is 24.3 Å². The molecule has 0 bridgehead atoms. The highest BCUT2D eigenvalue weighted by Crippen LogP contribution is 2.43. The summed E-state index contributed by atoms with van der Waals surface area (Å²) in [5, 5.41) is 0. The monoisotopic (exact) mass is 288 g/mol. The molecule has 0 aromatic carbocycles. The van der Waals surface area contributed by atoms with Gasteiger partial charge in [0.15, 0.2) is 0 Å². The van der Waals surface area contributed by atoms with Gasteiger partial charge in [0.1, 0.15) is 0 Å². The molecule has 2 saturated heterocycles. The highest BCUT2D eigenvalue weighted by atomic mass is 28.4. The third kappa shape index (κ3) is 2.02. The van der Waals surface area contributed by atoms with Crippen molar-refractivity contribution >= 4 is 8.88 Å². The summed E-state index contributed by atoms with van der Waals surface area (Å²) in [6.07, 6.45) is 2.85. The molecular formula is C14H32N2O2Si+2. The Labute approximate surface area is 119 Å². The summed E-state index contributed by atoms with van der Waals surface area (Å²) < 4.78 is 15.0. The van der Waals surface area contributed by atoms with Crippen molar-refractivity contribution in [3.05, 3.63) is 0 Å². The van der Waals surface area contributed by atoms with Crippen LogP contribution in [0, 0.1) is 0 Å². The normalized spacial score (nSPS) is 49.3. The first-order valence-corrected chi connectivity index (χ1v) is 9.29. The van der Waals surface area contributed by atoms with Gasteiger partial charge in [0.05, 0.1) is 52.5 Å². The molecule has 0 aromatic heterocycles. The molecule has 0 amide bonds. The Kier molecular flexibility index (Phi) is 3.68. The first kappa shape index (κ1) is 15.4. The highest BCUT2D eigenvalue weighted by molar-refractivity contribution is 6.52. The van der Waals surface area contributed by atoms with Crippen LogP contribution >= 0.6 is 0 Å². The molecule has 2 aliphatic heterocycles. The Morgan fingerprint density at radius 1 is 0.737 bits per heavy atom. The summed E-state index contributed by atoms with van der Waals surface area (Å²) in [6, 6.07) is 1.18. The van der Waals surface area contributed by atoms with Crippen molar-refractivity contribution in [2.75, 3.05) is 28.2 Å². The quantitative estimate of drug-likeness (QED) is 0.635. The zero-order chi connectivity index (χ0) is 14.6. The summed E-state index contributed by atoms with van der Waals surface area (Å²) in [4.78, 5) is 0. The lowest BCUT2D eigenvalue weighted by atomic mass is 10.1.